The Kier molecular flexibility index (Phi) is 2.82. The van der Waals surface area contributed by atoms with Crippen molar-refractivity contribution in [3.8, 4) is 0 Å². The molecule has 0 aliphatic carbocycles. The van der Waals surface area contributed by atoms with Crippen molar-refractivity contribution < 1.29 is 0 Å². The largest absolute Gasteiger partial charge is 0.330 e. The van der Waals surface area contributed by atoms with Crippen LogP contribution in [0, 0.1) is 6.92 Å². The number of hydrogen-bond acceptors (Lipinski definition) is 4. The first-order valence-corrected chi connectivity index (χ1v) is 7.59. The van der Waals surface area contributed by atoms with E-state index < -0.39 is 0 Å². The Morgan fingerprint density at radius 1 is 1.00 bits per heavy atom. The third kappa shape index (κ3) is 2.34. The lowest BCUT2D eigenvalue weighted by Gasteiger charge is -2.03. The van der Waals surface area contributed by atoms with Crippen molar-refractivity contribution in [2.75, 3.05) is 5.32 Å². The van der Waals surface area contributed by atoms with Crippen LogP contribution in [0.15, 0.2) is 54.7 Å². The maximum Gasteiger partial charge on any atom is 0.188 e. The number of fused-ring (bicyclic) bond motifs is 2. The molecule has 4 aromatic rings. The number of aryl methyl sites for hydroxylation is 1. The highest BCUT2D eigenvalue weighted by Gasteiger charge is 2.05. The van der Waals surface area contributed by atoms with Crippen LogP contribution < -0.4 is 5.32 Å². The lowest BCUT2D eigenvalue weighted by molar-refractivity contribution is 1.37. The summed E-state index contributed by atoms with van der Waals surface area (Å²) in [4.78, 5) is 9.09. The molecule has 0 aliphatic heterocycles. The van der Waals surface area contributed by atoms with Crippen molar-refractivity contribution in [2.24, 2.45) is 0 Å². The summed E-state index contributed by atoms with van der Waals surface area (Å²) in [5, 5.41) is 5.37. The Morgan fingerprint density at radius 3 is 2.86 bits per heavy atom. The van der Waals surface area contributed by atoms with Gasteiger partial charge in [0.05, 0.1) is 27.6 Å². The predicted octanol–water partition coefficient (Wildman–Crippen LogP) is 4.90. The van der Waals surface area contributed by atoms with Crippen LogP contribution in [0.2, 0.25) is 0 Å². The van der Waals surface area contributed by atoms with Crippen molar-refractivity contribution in [1.29, 1.82) is 0 Å². The van der Waals surface area contributed by atoms with Gasteiger partial charge in [0.2, 0.25) is 0 Å². The molecule has 2 aromatic heterocycles. The van der Waals surface area contributed by atoms with Crippen molar-refractivity contribution in [3.05, 3.63) is 60.3 Å². The molecule has 0 radical (unpaired) electrons. The molecule has 1 N–H and O–H groups in total. The highest BCUT2D eigenvalue weighted by Crippen LogP contribution is 2.29. The zero-order chi connectivity index (χ0) is 14.2. The van der Waals surface area contributed by atoms with E-state index in [1.807, 2.05) is 24.4 Å². The Balaban J connectivity index is 1.71. The van der Waals surface area contributed by atoms with E-state index in [2.05, 4.69) is 52.5 Å². The van der Waals surface area contributed by atoms with Gasteiger partial charge in [-0.1, -0.05) is 35.6 Å². The highest BCUT2D eigenvalue weighted by molar-refractivity contribution is 7.22. The number of nitrogens with zero attached hydrogens (tertiary/aromatic N) is 2. The highest BCUT2D eigenvalue weighted by atomic mass is 32.1. The predicted molar refractivity (Wildman–Crippen MR) is 89.4 cm³/mol. The third-order valence-electron chi connectivity index (χ3n) is 3.38. The molecular weight excluding hydrogens is 278 g/mol. The van der Waals surface area contributed by atoms with Crippen LogP contribution in [0.1, 0.15) is 5.56 Å². The van der Waals surface area contributed by atoms with E-state index in [1.165, 1.54) is 10.3 Å². The van der Waals surface area contributed by atoms with Gasteiger partial charge < -0.3 is 5.32 Å². The minimum Gasteiger partial charge on any atom is -0.330 e. The number of nitrogens with one attached hydrogen (secondary N) is 1. The van der Waals surface area contributed by atoms with Gasteiger partial charge >= 0.3 is 0 Å². The zero-order valence-electron chi connectivity index (χ0n) is 11.5. The van der Waals surface area contributed by atoms with E-state index in [0.29, 0.717) is 0 Å². The minimum absolute atomic E-state index is 0.896. The van der Waals surface area contributed by atoms with Gasteiger partial charge in [-0.25, -0.2) is 4.98 Å². The number of rotatable bonds is 2. The van der Waals surface area contributed by atoms with Crippen LogP contribution in [-0.2, 0) is 0 Å². The molecule has 4 rings (SSSR count). The molecule has 0 aliphatic rings. The van der Waals surface area contributed by atoms with Crippen molar-refractivity contribution in [2.45, 2.75) is 6.92 Å². The van der Waals surface area contributed by atoms with Gasteiger partial charge in [0.1, 0.15) is 0 Å². The summed E-state index contributed by atoms with van der Waals surface area (Å²) in [5.41, 5.74) is 4.23. The lowest BCUT2D eigenvalue weighted by Crippen LogP contribution is -1.90. The molecule has 0 bridgehead atoms. The molecule has 0 unspecified atom stereocenters. The summed E-state index contributed by atoms with van der Waals surface area (Å²) in [6.45, 7) is 2.08. The van der Waals surface area contributed by atoms with Gasteiger partial charge in [0.25, 0.3) is 0 Å². The van der Waals surface area contributed by atoms with Gasteiger partial charge in [-0.15, -0.1) is 0 Å². The standard InChI is InChI=1S/C17H13N3S/c1-11-6-7-16-15(8-11)20-17(21-16)19-13-9-12-4-2-3-5-14(12)18-10-13/h2-10H,1H3,(H,19,20). The Bertz CT molecular complexity index is 943. The Labute approximate surface area is 126 Å². The molecule has 2 heterocycles. The van der Waals surface area contributed by atoms with Gasteiger partial charge in [-0.05, 0) is 36.8 Å². The quantitative estimate of drug-likeness (QED) is 0.571. The molecule has 21 heavy (non-hydrogen) atoms. The van der Waals surface area contributed by atoms with E-state index in [-0.39, 0.29) is 0 Å². The average molecular weight is 291 g/mol. The van der Waals surface area contributed by atoms with Crippen LogP contribution in [-0.4, -0.2) is 9.97 Å². The number of pyridine rings is 1. The molecule has 102 valence electrons. The summed E-state index contributed by atoms with van der Waals surface area (Å²) in [7, 11) is 0. The number of para-hydroxylation sites is 1. The number of benzene rings is 2. The summed E-state index contributed by atoms with van der Waals surface area (Å²) >= 11 is 1.66. The minimum atomic E-state index is 0.896. The second-order valence-corrected chi connectivity index (χ2v) is 6.06. The summed E-state index contributed by atoms with van der Waals surface area (Å²) in [6, 6.07) is 16.5. The summed E-state index contributed by atoms with van der Waals surface area (Å²) in [6.07, 6.45) is 1.85. The molecule has 2 aromatic carbocycles. The molecule has 0 spiro atoms. The van der Waals surface area contributed by atoms with Crippen molar-refractivity contribution in [3.63, 3.8) is 0 Å². The van der Waals surface area contributed by atoms with E-state index in [1.54, 1.807) is 11.3 Å². The molecule has 4 heteroatoms. The number of hydrogen-bond donors (Lipinski definition) is 1. The van der Waals surface area contributed by atoms with Crippen LogP contribution in [0.3, 0.4) is 0 Å². The molecule has 0 fully saturated rings. The number of thiazole rings is 1. The molecule has 0 atom stereocenters. The van der Waals surface area contributed by atoms with E-state index in [9.17, 15) is 0 Å². The average Bonchev–Trinajstić information content (AvgIpc) is 2.88. The van der Waals surface area contributed by atoms with Crippen molar-refractivity contribution >= 4 is 43.3 Å². The zero-order valence-corrected chi connectivity index (χ0v) is 12.3. The smallest absolute Gasteiger partial charge is 0.188 e. The molecule has 3 nitrogen and oxygen atoms in total. The van der Waals surface area contributed by atoms with Gasteiger partial charge in [0.15, 0.2) is 5.13 Å². The topological polar surface area (TPSA) is 37.8 Å². The molecule has 0 amide bonds. The first-order valence-electron chi connectivity index (χ1n) is 6.77. The molecular formula is C17H13N3S. The van der Waals surface area contributed by atoms with E-state index in [0.717, 1.165) is 27.2 Å². The SMILES string of the molecule is Cc1ccc2sc(Nc3cnc4ccccc4c3)nc2c1. The number of anilines is 2. The van der Waals surface area contributed by atoms with Gasteiger partial charge in [0, 0.05) is 5.39 Å². The number of aromatic nitrogens is 2. The first kappa shape index (κ1) is 12.3. The fourth-order valence-electron chi connectivity index (χ4n) is 2.35. The fraction of sp³-hybridized carbons (Fsp3) is 0.0588. The van der Waals surface area contributed by atoms with Crippen LogP contribution in [0.4, 0.5) is 10.8 Å². The summed E-state index contributed by atoms with van der Waals surface area (Å²) < 4.78 is 1.19. The maximum absolute atomic E-state index is 4.63. The molecule has 0 saturated heterocycles. The van der Waals surface area contributed by atoms with Crippen LogP contribution in [0.5, 0.6) is 0 Å². The van der Waals surface area contributed by atoms with Crippen molar-refractivity contribution in [1.82, 2.24) is 9.97 Å². The third-order valence-corrected chi connectivity index (χ3v) is 4.34. The Morgan fingerprint density at radius 2 is 1.90 bits per heavy atom. The normalized spacial score (nSPS) is 11.1. The first-order chi connectivity index (χ1) is 10.3. The lowest BCUT2D eigenvalue weighted by atomic mass is 10.2. The van der Waals surface area contributed by atoms with Crippen LogP contribution in [0.25, 0.3) is 21.1 Å². The van der Waals surface area contributed by atoms with Gasteiger partial charge in [-0.3, -0.25) is 4.98 Å². The summed E-state index contributed by atoms with van der Waals surface area (Å²) in [5.74, 6) is 0. The maximum atomic E-state index is 4.63. The second-order valence-electron chi connectivity index (χ2n) is 5.03. The monoisotopic (exact) mass is 291 g/mol. The second kappa shape index (κ2) is 4.82. The molecule has 0 saturated carbocycles. The van der Waals surface area contributed by atoms with E-state index >= 15 is 0 Å². The Hall–Kier alpha value is -2.46. The van der Waals surface area contributed by atoms with E-state index in [4.69, 9.17) is 0 Å². The van der Waals surface area contributed by atoms with Crippen LogP contribution >= 0.6 is 11.3 Å². The van der Waals surface area contributed by atoms with Gasteiger partial charge in [-0.2, -0.15) is 0 Å². The fourth-order valence-corrected chi connectivity index (χ4v) is 3.22.